The molecule has 0 aromatic heterocycles. The van der Waals surface area contributed by atoms with Crippen LogP contribution in [0.5, 0.6) is 0 Å². The Morgan fingerprint density at radius 1 is 0.376 bits per heavy atom. The second-order valence-electron chi connectivity index (χ2n) is 28.6. The van der Waals surface area contributed by atoms with E-state index in [1.165, 1.54) is 283 Å². The number of quaternary nitrogens is 1. The molecule has 0 aliphatic carbocycles. The smallest absolute Gasteiger partial charge is 0.456 e. The Hall–Kier alpha value is -2.55. The van der Waals surface area contributed by atoms with Crippen LogP contribution in [0.1, 0.15) is 393 Å². The van der Waals surface area contributed by atoms with Crippen molar-refractivity contribution in [1.29, 1.82) is 0 Å². The summed E-state index contributed by atoms with van der Waals surface area (Å²) >= 11 is 0. The molecule has 1 amide bonds. The van der Waals surface area contributed by atoms with E-state index in [0.29, 0.717) is 23.9 Å². The van der Waals surface area contributed by atoms with Gasteiger partial charge in [-0.05, 0) is 102 Å². The molecule has 93 heavy (non-hydrogen) atoms. The number of carbonyl (C=O) groups excluding carboxylic acids is 2. The fraction of sp³-hybridized carbons (Fsp3) is 0.831. The van der Waals surface area contributed by atoms with Gasteiger partial charge in [-0.3, -0.25) is 18.6 Å². The molecule has 0 fully saturated rings. The van der Waals surface area contributed by atoms with Crippen molar-refractivity contribution in [2.24, 2.45) is 0 Å². The van der Waals surface area contributed by atoms with Crippen molar-refractivity contribution in [3.8, 4) is 0 Å². The summed E-state index contributed by atoms with van der Waals surface area (Å²) in [5.74, 6) is -0.488. The molecule has 3 unspecified atom stereocenters. The summed E-state index contributed by atoms with van der Waals surface area (Å²) < 4.78 is 31.0. The quantitative estimate of drug-likeness (QED) is 0.0205. The van der Waals surface area contributed by atoms with Gasteiger partial charge >= 0.3 is 13.8 Å². The number of carbonyl (C=O) groups is 2. The normalized spacial score (nSPS) is 13.8. The molecule has 0 bridgehead atoms. The molecule has 10 heteroatoms. The summed E-state index contributed by atoms with van der Waals surface area (Å²) in [4.78, 5) is 38.1. The number of nitrogens with one attached hydrogen (secondary N) is 1. The average molecular weight is 1330 g/mol. The lowest BCUT2D eigenvalue weighted by atomic mass is 10.0. The zero-order valence-corrected chi connectivity index (χ0v) is 63.4. The second-order valence-corrected chi connectivity index (χ2v) is 30.0. The lowest BCUT2D eigenvalue weighted by Crippen LogP contribution is -2.47. The fourth-order valence-electron chi connectivity index (χ4n) is 11.9. The Morgan fingerprint density at radius 2 is 0.656 bits per heavy atom. The van der Waals surface area contributed by atoms with E-state index in [1.807, 2.05) is 27.2 Å². The average Bonchev–Trinajstić information content (AvgIpc) is 2.15. The third-order valence-electron chi connectivity index (χ3n) is 18.1. The van der Waals surface area contributed by atoms with Crippen LogP contribution in [-0.2, 0) is 27.9 Å². The van der Waals surface area contributed by atoms with Crippen LogP contribution in [0, 0.1) is 0 Å². The first-order chi connectivity index (χ1) is 45.4. The number of hydrogen-bond donors (Lipinski definition) is 2. The molecule has 9 nitrogen and oxygen atoms in total. The van der Waals surface area contributed by atoms with Gasteiger partial charge in [-0.1, -0.05) is 351 Å². The highest BCUT2D eigenvalue weighted by Gasteiger charge is 2.30. The first-order valence-electron chi connectivity index (χ1n) is 40.3. The molecule has 0 heterocycles. The van der Waals surface area contributed by atoms with Crippen LogP contribution in [0.4, 0.5) is 0 Å². The molecule has 3 atom stereocenters. The van der Waals surface area contributed by atoms with Gasteiger partial charge in [0.1, 0.15) is 19.3 Å². The summed E-state index contributed by atoms with van der Waals surface area (Å²) in [5.41, 5.74) is 0. The van der Waals surface area contributed by atoms with Gasteiger partial charge in [0, 0.05) is 12.8 Å². The Labute approximate surface area is 578 Å². The molecule has 0 spiro atoms. The SMILES string of the molecule is CCCCC/C=C\C/C=C\C/C=C\CCCCCCCCCCCCCCCCC(=O)OC(/C=C/CCCCCCCCCCCCC)C(COP(=O)(O)OCC[N+](C)(C)C)NC(=O)CCCCCCCCCCCCCCCCCCC/C=C\C/C=C\CCCCC. The fourth-order valence-corrected chi connectivity index (χ4v) is 12.7. The van der Waals surface area contributed by atoms with Crippen LogP contribution in [0.3, 0.4) is 0 Å². The van der Waals surface area contributed by atoms with Crippen molar-refractivity contribution in [2.45, 2.75) is 405 Å². The van der Waals surface area contributed by atoms with E-state index in [2.05, 4.69) is 92.9 Å². The van der Waals surface area contributed by atoms with Crippen LogP contribution in [-0.4, -0.2) is 74.3 Å². The van der Waals surface area contributed by atoms with E-state index >= 15 is 0 Å². The van der Waals surface area contributed by atoms with E-state index in [9.17, 15) is 19.0 Å². The van der Waals surface area contributed by atoms with E-state index in [0.717, 1.165) is 77.0 Å². The molecular weight excluding hydrogens is 1170 g/mol. The van der Waals surface area contributed by atoms with E-state index < -0.39 is 20.0 Å². The monoisotopic (exact) mass is 1320 g/mol. The number of ether oxygens (including phenoxy) is 1. The Balaban J connectivity index is 4.93. The number of allylic oxidation sites excluding steroid dienone is 11. The molecule has 544 valence electrons. The van der Waals surface area contributed by atoms with Gasteiger partial charge in [0.05, 0.1) is 33.8 Å². The van der Waals surface area contributed by atoms with Crippen molar-refractivity contribution >= 4 is 19.7 Å². The maximum Gasteiger partial charge on any atom is 0.472 e. The molecule has 0 radical (unpaired) electrons. The van der Waals surface area contributed by atoms with Crippen molar-refractivity contribution < 1.29 is 37.3 Å². The standard InChI is InChI=1S/C83H155N2O7P/c1-7-10-13-16-19-22-25-28-30-32-34-36-38-40-42-44-46-48-50-52-54-57-60-63-66-69-72-75-82(86)84-80(79-91-93(88,89)90-78-77-85(4,5)6)81(74-71-68-65-62-59-56-27-24-21-18-15-12-9-3)92-83(87)76-73-70-67-64-61-58-55-53-51-49-47-45-43-41-39-37-35-33-31-29-26-23-20-17-14-11-8-2/h19-20,22-23,28-31,35,37,71,74,80-81H,7-18,21,24-27,32-34,36,38-70,72-73,75-79H2,1-6H3,(H-,84,86,88,89)/p+1/b22-19-,23-20-,30-28-,31-29-,37-35-,74-71+. The van der Waals surface area contributed by atoms with Crippen molar-refractivity contribution in [3.63, 3.8) is 0 Å². The summed E-state index contributed by atoms with van der Waals surface area (Å²) in [6.45, 7) is 7.02. The van der Waals surface area contributed by atoms with Gasteiger partial charge < -0.3 is 19.4 Å². The van der Waals surface area contributed by atoms with Crippen molar-refractivity contribution in [1.82, 2.24) is 5.32 Å². The van der Waals surface area contributed by atoms with Crippen LogP contribution in [0.2, 0.25) is 0 Å². The highest BCUT2D eigenvalue weighted by Crippen LogP contribution is 2.43. The zero-order valence-electron chi connectivity index (χ0n) is 62.5. The highest BCUT2D eigenvalue weighted by atomic mass is 31.2. The molecule has 2 N–H and O–H groups in total. The van der Waals surface area contributed by atoms with Gasteiger partial charge in [-0.2, -0.15) is 0 Å². The van der Waals surface area contributed by atoms with Gasteiger partial charge in [0.15, 0.2) is 0 Å². The first-order valence-corrected chi connectivity index (χ1v) is 41.8. The van der Waals surface area contributed by atoms with Crippen molar-refractivity contribution in [3.05, 3.63) is 72.9 Å². The third-order valence-corrected chi connectivity index (χ3v) is 19.1. The lowest BCUT2D eigenvalue weighted by molar-refractivity contribution is -0.870. The van der Waals surface area contributed by atoms with E-state index in [4.69, 9.17) is 13.8 Å². The number of amides is 1. The number of phosphoric ester groups is 1. The Morgan fingerprint density at radius 3 is 1.00 bits per heavy atom. The maximum atomic E-state index is 13.7. The van der Waals surface area contributed by atoms with Crippen LogP contribution < -0.4 is 5.32 Å². The zero-order chi connectivity index (χ0) is 67.8. The Kier molecular flexibility index (Phi) is 70.2. The van der Waals surface area contributed by atoms with Crippen molar-refractivity contribution in [2.75, 3.05) is 40.9 Å². The number of unbranched alkanes of at least 4 members (excludes halogenated alkanes) is 48. The number of rotatable bonds is 74. The minimum absolute atomic E-state index is 0.0407. The number of nitrogens with zero attached hydrogens (tertiary/aromatic N) is 1. The predicted octanol–water partition coefficient (Wildman–Crippen LogP) is 26.2. The highest BCUT2D eigenvalue weighted by molar-refractivity contribution is 7.47. The summed E-state index contributed by atoms with van der Waals surface area (Å²) in [6.07, 6.45) is 96.5. The predicted molar refractivity (Wildman–Crippen MR) is 406 cm³/mol. The molecule has 0 aliphatic rings. The summed E-state index contributed by atoms with van der Waals surface area (Å²) in [7, 11) is 1.51. The Bertz CT molecular complexity index is 1820. The molecule has 0 saturated heterocycles. The molecule has 0 aliphatic heterocycles. The maximum absolute atomic E-state index is 13.7. The number of esters is 1. The second kappa shape index (κ2) is 72.2. The minimum Gasteiger partial charge on any atom is -0.456 e. The van der Waals surface area contributed by atoms with E-state index in [-0.39, 0.29) is 25.1 Å². The number of phosphoric acid groups is 1. The molecule has 0 rings (SSSR count). The molecule has 0 aromatic carbocycles. The summed E-state index contributed by atoms with van der Waals surface area (Å²) in [5, 5.41) is 3.09. The van der Waals surface area contributed by atoms with Gasteiger partial charge in [-0.15, -0.1) is 0 Å². The van der Waals surface area contributed by atoms with Crippen LogP contribution in [0.15, 0.2) is 72.9 Å². The lowest BCUT2D eigenvalue weighted by Gasteiger charge is -2.27. The summed E-state index contributed by atoms with van der Waals surface area (Å²) in [6, 6.07) is -0.851. The molecule has 0 aromatic rings. The first kappa shape index (κ1) is 90.5. The van der Waals surface area contributed by atoms with Crippen LogP contribution >= 0.6 is 7.82 Å². The minimum atomic E-state index is -4.46. The van der Waals surface area contributed by atoms with Gasteiger partial charge in [0.2, 0.25) is 5.91 Å². The van der Waals surface area contributed by atoms with Gasteiger partial charge in [-0.25, -0.2) is 4.57 Å². The van der Waals surface area contributed by atoms with Crippen LogP contribution in [0.25, 0.3) is 0 Å². The largest absolute Gasteiger partial charge is 0.472 e. The van der Waals surface area contributed by atoms with Gasteiger partial charge in [0.25, 0.3) is 0 Å². The molecular formula is C83H156N2O7P+. The topological polar surface area (TPSA) is 111 Å². The number of likely N-dealkylation sites (N-methyl/N-ethyl adjacent to an activating group) is 1. The molecule has 0 saturated carbocycles. The van der Waals surface area contributed by atoms with E-state index in [1.54, 1.807) is 0 Å². The third kappa shape index (κ3) is 73.5. The number of hydrogen-bond acceptors (Lipinski definition) is 6.